The summed E-state index contributed by atoms with van der Waals surface area (Å²) in [7, 11) is 0. The number of likely N-dealkylation sites (tertiary alicyclic amines) is 1. The van der Waals surface area contributed by atoms with Crippen molar-refractivity contribution < 1.29 is 4.79 Å². The number of rotatable bonds is 2. The normalized spacial score (nSPS) is 41.6. The van der Waals surface area contributed by atoms with Gasteiger partial charge in [0.1, 0.15) is 5.78 Å². The minimum absolute atomic E-state index is 0.226. The summed E-state index contributed by atoms with van der Waals surface area (Å²) < 4.78 is 0.439. The van der Waals surface area contributed by atoms with Crippen LogP contribution in [0.4, 0.5) is 0 Å². The number of hydrogen-bond acceptors (Lipinski definition) is 3. The molecule has 3 atom stereocenters. The van der Waals surface area contributed by atoms with E-state index in [1.54, 1.807) is 0 Å². The summed E-state index contributed by atoms with van der Waals surface area (Å²) in [6.45, 7) is 8.82. The van der Waals surface area contributed by atoms with Crippen LogP contribution in [0.5, 0.6) is 0 Å². The van der Waals surface area contributed by atoms with Crippen LogP contribution in [-0.4, -0.2) is 40.3 Å². The average Bonchev–Trinajstić information content (AvgIpc) is 2.67. The Hall–Kier alpha value is -0.0200. The molecule has 2 aliphatic heterocycles. The Bertz CT molecular complexity index is 273. The van der Waals surface area contributed by atoms with Crippen molar-refractivity contribution >= 4 is 17.5 Å². The van der Waals surface area contributed by atoms with Gasteiger partial charge in [-0.05, 0) is 32.4 Å². The van der Waals surface area contributed by atoms with Crippen LogP contribution in [0.2, 0.25) is 0 Å². The van der Waals surface area contributed by atoms with Crippen LogP contribution in [0, 0.1) is 5.92 Å². The second-order valence-electron chi connectivity index (χ2n) is 5.62. The Morgan fingerprint density at radius 2 is 2.25 bits per heavy atom. The fraction of sp³-hybridized carbons (Fsp3) is 0.923. The van der Waals surface area contributed by atoms with Gasteiger partial charge >= 0.3 is 0 Å². The number of carbonyl (C=O) groups is 1. The maximum absolute atomic E-state index is 11.6. The predicted molar refractivity (Wildman–Crippen MR) is 69.9 cm³/mol. The third-order valence-electron chi connectivity index (χ3n) is 4.29. The summed E-state index contributed by atoms with van der Waals surface area (Å²) in [6, 6.07) is 0.430. The molecule has 0 aromatic carbocycles. The van der Waals surface area contributed by atoms with Crippen molar-refractivity contribution in [2.24, 2.45) is 5.92 Å². The summed E-state index contributed by atoms with van der Waals surface area (Å²) in [5, 5.41) is 0. The first kappa shape index (κ1) is 12.4. The zero-order chi connectivity index (χ0) is 11.8. The lowest BCUT2D eigenvalue weighted by atomic mass is 9.89. The lowest BCUT2D eigenvalue weighted by Crippen LogP contribution is -2.51. The van der Waals surface area contributed by atoms with Crippen LogP contribution in [0.3, 0.4) is 0 Å². The highest BCUT2D eigenvalue weighted by molar-refractivity contribution is 8.00. The maximum Gasteiger partial charge on any atom is 0.138 e. The van der Waals surface area contributed by atoms with Crippen molar-refractivity contribution in [3.8, 4) is 0 Å². The van der Waals surface area contributed by atoms with E-state index in [0.29, 0.717) is 16.6 Å². The molecular weight excluding hydrogens is 218 g/mol. The highest BCUT2D eigenvalue weighted by Crippen LogP contribution is 2.39. The zero-order valence-electron chi connectivity index (χ0n) is 10.7. The summed E-state index contributed by atoms with van der Waals surface area (Å²) in [5.41, 5.74) is 0. The second-order valence-corrected chi connectivity index (χ2v) is 7.30. The van der Waals surface area contributed by atoms with Gasteiger partial charge in [-0.1, -0.05) is 6.92 Å². The predicted octanol–water partition coefficient (Wildman–Crippen LogP) is 2.57. The van der Waals surface area contributed by atoms with Crippen molar-refractivity contribution in [3.05, 3.63) is 0 Å². The van der Waals surface area contributed by atoms with Crippen molar-refractivity contribution in [2.45, 2.75) is 50.8 Å². The minimum atomic E-state index is 0.226. The monoisotopic (exact) mass is 241 g/mol. The summed E-state index contributed by atoms with van der Waals surface area (Å²) in [6.07, 6.45) is 3.45. The average molecular weight is 241 g/mol. The number of piperidine rings is 1. The van der Waals surface area contributed by atoms with Gasteiger partial charge < -0.3 is 0 Å². The Morgan fingerprint density at radius 1 is 1.50 bits per heavy atom. The third kappa shape index (κ3) is 2.45. The highest BCUT2D eigenvalue weighted by atomic mass is 32.2. The molecule has 2 nitrogen and oxygen atoms in total. The molecule has 3 heteroatoms. The molecule has 0 N–H and O–H groups in total. The fourth-order valence-corrected chi connectivity index (χ4v) is 4.21. The number of nitrogens with zero attached hydrogens (tertiary/aromatic N) is 1. The fourth-order valence-electron chi connectivity index (χ4n) is 2.88. The van der Waals surface area contributed by atoms with Crippen LogP contribution < -0.4 is 0 Å². The summed E-state index contributed by atoms with van der Waals surface area (Å²) in [5.74, 6) is 1.99. The first-order valence-electron chi connectivity index (χ1n) is 6.42. The van der Waals surface area contributed by atoms with Gasteiger partial charge in [-0.25, -0.2) is 0 Å². The van der Waals surface area contributed by atoms with Crippen LogP contribution in [0.15, 0.2) is 0 Å². The molecule has 0 spiro atoms. The molecule has 2 saturated heterocycles. The smallest absolute Gasteiger partial charge is 0.138 e. The molecule has 2 fully saturated rings. The van der Waals surface area contributed by atoms with E-state index in [1.807, 2.05) is 0 Å². The molecule has 0 aromatic heterocycles. The van der Waals surface area contributed by atoms with Gasteiger partial charge in [-0.15, -0.1) is 0 Å². The van der Waals surface area contributed by atoms with Crippen molar-refractivity contribution in [2.75, 3.05) is 18.8 Å². The molecule has 0 bridgehead atoms. The molecule has 92 valence electrons. The molecule has 3 unspecified atom stereocenters. The molecule has 0 aliphatic carbocycles. The summed E-state index contributed by atoms with van der Waals surface area (Å²) in [4.78, 5) is 14.2. The van der Waals surface area contributed by atoms with E-state index in [9.17, 15) is 4.79 Å². The Morgan fingerprint density at radius 3 is 2.88 bits per heavy atom. The van der Waals surface area contributed by atoms with E-state index in [0.717, 1.165) is 19.5 Å². The third-order valence-corrected chi connectivity index (χ3v) is 5.81. The molecule has 0 saturated carbocycles. The summed E-state index contributed by atoms with van der Waals surface area (Å²) >= 11 is 2.12. The first-order chi connectivity index (χ1) is 7.52. The lowest BCUT2D eigenvalue weighted by molar-refractivity contribution is -0.128. The van der Waals surface area contributed by atoms with Gasteiger partial charge in [0.05, 0.1) is 0 Å². The molecule has 0 amide bonds. The van der Waals surface area contributed by atoms with E-state index < -0.39 is 0 Å². The number of ketones is 1. The van der Waals surface area contributed by atoms with E-state index >= 15 is 0 Å². The van der Waals surface area contributed by atoms with Crippen molar-refractivity contribution in [3.63, 3.8) is 0 Å². The number of hydrogen-bond donors (Lipinski definition) is 0. The van der Waals surface area contributed by atoms with Gasteiger partial charge in [-0.3, -0.25) is 9.69 Å². The van der Waals surface area contributed by atoms with Gasteiger partial charge in [0, 0.05) is 36.2 Å². The topological polar surface area (TPSA) is 20.3 Å². The van der Waals surface area contributed by atoms with Crippen LogP contribution in [-0.2, 0) is 4.79 Å². The lowest BCUT2D eigenvalue weighted by Gasteiger charge is -2.41. The molecule has 2 heterocycles. The SMILES string of the molecule is CC1C(=O)CCN(CC2(C)CCCS2)C1C. The Balaban J connectivity index is 1.97. The largest absolute Gasteiger partial charge is 0.299 e. The maximum atomic E-state index is 11.6. The molecule has 16 heavy (non-hydrogen) atoms. The molecule has 0 radical (unpaired) electrons. The molecular formula is C13H23NOS. The highest BCUT2D eigenvalue weighted by Gasteiger charge is 2.37. The van der Waals surface area contributed by atoms with Crippen LogP contribution >= 0.6 is 11.8 Å². The van der Waals surface area contributed by atoms with Crippen LogP contribution in [0.25, 0.3) is 0 Å². The van der Waals surface area contributed by atoms with E-state index in [1.165, 1.54) is 18.6 Å². The van der Waals surface area contributed by atoms with Gasteiger partial charge in [-0.2, -0.15) is 11.8 Å². The molecule has 2 aliphatic rings. The number of Topliss-reactive ketones (excluding diaryl/α,β-unsaturated/α-hetero) is 1. The molecule has 0 aromatic rings. The first-order valence-corrected chi connectivity index (χ1v) is 7.41. The van der Waals surface area contributed by atoms with Gasteiger partial charge in [0.2, 0.25) is 0 Å². The standard InChI is InChI=1S/C13H23NOS/c1-10-11(2)14(7-5-12(10)15)9-13(3)6-4-8-16-13/h10-11H,4-9H2,1-3H3. The quantitative estimate of drug-likeness (QED) is 0.741. The van der Waals surface area contributed by atoms with Crippen molar-refractivity contribution in [1.29, 1.82) is 0 Å². The van der Waals surface area contributed by atoms with Crippen LogP contribution in [0.1, 0.15) is 40.0 Å². The van der Waals surface area contributed by atoms with Gasteiger partial charge in [0.25, 0.3) is 0 Å². The number of thioether (sulfide) groups is 1. The molecule has 2 rings (SSSR count). The van der Waals surface area contributed by atoms with Crippen molar-refractivity contribution in [1.82, 2.24) is 4.90 Å². The van der Waals surface area contributed by atoms with E-state index in [2.05, 4.69) is 37.4 Å². The number of carbonyl (C=O) groups excluding carboxylic acids is 1. The van der Waals surface area contributed by atoms with E-state index in [4.69, 9.17) is 0 Å². The minimum Gasteiger partial charge on any atom is -0.299 e. The zero-order valence-corrected chi connectivity index (χ0v) is 11.5. The Kier molecular flexibility index (Phi) is 3.65. The van der Waals surface area contributed by atoms with Gasteiger partial charge in [0.15, 0.2) is 0 Å². The second kappa shape index (κ2) is 4.69. The van der Waals surface area contributed by atoms with E-state index in [-0.39, 0.29) is 5.92 Å². The Labute approximate surface area is 103 Å².